The molecule has 0 aromatic heterocycles. The topological polar surface area (TPSA) is 66.2 Å². The molecule has 2 heterocycles. The summed E-state index contributed by atoms with van der Waals surface area (Å²) < 4.78 is 6.08. The third kappa shape index (κ3) is 2.92. The van der Waals surface area contributed by atoms with Gasteiger partial charge in [0.05, 0.1) is 13.2 Å². The van der Waals surface area contributed by atoms with Crippen LogP contribution in [0.2, 0.25) is 0 Å². The maximum atomic E-state index is 9.46. The molecule has 23 heavy (non-hydrogen) atoms. The largest absolute Gasteiger partial charge is 0.508 e. The Labute approximate surface area is 135 Å². The predicted molar refractivity (Wildman–Crippen MR) is 88.2 cm³/mol. The molecule has 0 radical (unpaired) electrons. The van der Waals surface area contributed by atoms with Crippen LogP contribution >= 0.6 is 0 Å². The Morgan fingerprint density at radius 1 is 1.17 bits per heavy atom. The zero-order valence-electron chi connectivity index (χ0n) is 12.8. The van der Waals surface area contributed by atoms with E-state index < -0.39 is 0 Å². The fourth-order valence-corrected chi connectivity index (χ4v) is 3.08. The smallest absolute Gasteiger partial charge is 0.147 e. The van der Waals surface area contributed by atoms with E-state index in [2.05, 4.69) is 21.6 Å². The minimum absolute atomic E-state index is 0.269. The fraction of sp³-hybridized carbons (Fsp3) is 0.333. The van der Waals surface area contributed by atoms with Crippen LogP contribution in [0.4, 0.5) is 5.69 Å². The number of azo groups is 1. The molecule has 2 aliphatic rings. The van der Waals surface area contributed by atoms with Crippen molar-refractivity contribution < 1.29 is 9.84 Å². The van der Waals surface area contributed by atoms with Crippen LogP contribution in [0.25, 0.3) is 11.1 Å². The van der Waals surface area contributed by atoms with Gasteiger partial charge in [0, 0.05) is 18.0 Å². The van der Waals surface area contributed by atoms with Gasteiger partial charge in [-0.1, -0.05) is 12.1 Å². The molecule has 0 saturated carbocycles. The van der Waals surface area contributed by atoms with Crippen molar-refractivity contribution in [3.8, 4) is 22.6 Å². The molecule has 5 nitrogen and oxygen atoms in total. The lowest BCUT2D eigenvalue weighted by atomic mass is 10.0. The highest BCUT2D eigenvalue weighted by Gasteiger charge is 2.20. The average molecular weight is 309 g/mol. The Kier molecular flexibility index (Phi) is 3.71. The van der Waals surface area contributed by atoms with Gasteiger partial charge in [-0.25, -0.2) is 0 Å². The van der Waals surface area contributed by atoms with Gasteiger partial charge in [0.15, 0.2) is 0 Å². The SMILES string of the molecule is Oc1ccc(-c2cc3c(c(OC[C@H]4CCNC4)c2)N=NC3)cc1. The Balaban J connectivity index is 1.63. The molecule has 4 rings (SSSR count). The first-order chi connectivity index (χ1) is 11.3. The highest BCUT2D eigenvalue weighted by Crippen LogP contribution is 2.40. The zero-order valence-corrected chi connectivity index (χ0v) is 12.8. The number of fused-ring (bicyclic) bond motifs is 1. The molecule has 2 N–H and O–H groups in total. The molecule has 2 aliphatic heterocycles. The molecule has 0 aliphatic carbocycles. The molecular formula is C18H19N3O2. The average Bonchev–Trinajstić information content (AvgIpc) is 3.24. The van der Waals surface area contributed by atoms with Crippen LogP contribution in [-0.4, -0.2) is 24.8 Å². The third-order valence-corrected chi connectivity index (χ3v) is 4.40. The summed E-state index contributed by atoms with van der Waals surface area (Å²) in [7, 11) is 0. The lowest BCUT2D eigenvalue weighted by molar-refractivity contribution is 0.261. The number of hydrogen-bond acceptors (Lipinski definition) is 5. The summed E-state index contributed by atoms with van der Waals surface area (Å²) in [6.07, 6.45) is 1.15. The Hall–Kier alpha value is -2.40. The molecule has 2 aromatic carbocycles. The van der Waals surface area contributed by atoms with Crippen molar-refractivity contribution in [2.24, 2.45) is 16.1 Å². The molecule has 0 amide bonds. The number of aromatic hydroxyl groups is 1. The Bertz CT molecular complexity index is 735. The van der Waals surface area contributed by atoms with Gasteiger partial charge in [0.1, 0.15) is 17.2 Å². The predicted octanol–water partition coefficient (Wildman–Crippen LogP) is 3.64. The standard InChI is InChI=1S/C18H19N3O2/c22-16-3-1-13(2-4-16)14-7-15-10-20-21-18(15)17(8-14)23-11-12-5-6-19-9-12/h1-4,7-8,12,19,22H,5-6,9-11H2/t12-/m0/s1. The zero-order chi connectivity index (χ0) is 15.6. The van der Waals surface area contributed by atoms with Gasteiger partial charge in [0.25, 0.3) is 0 Å². The highest BCUT2D eigenvalue weighted by molar-refractivity contribution is 5.73. The van der Waals surface area contributed by atoms with Crippen LogP contribution in [0.15, 0.2) is 46.6 Å². The molecule has 2 aromatic rings. The van der Waals surface area contributed by atoms with Gasteiger partial charge in [-0.05, 0) is 48.4 Å². The number of phenols is 1. The number of nitrogens with zero attached hydrogens (tertiary/aromatic N) is 2. The van der Waals surface area contributed by atoms with E-state index in [-0.39, 0.29) is 5.75 Å². The second-order valence-electron chi connectivity index (χ2n) is 6.10. The van der Waals surface area contributed by atoms with Crippen molar-refractivity contribution in [1.29, 1.82) is 0 Å². The van der Waals surface area contributed by atoms with Crippen molar-refractivity contribution in [2.75, 3.05) is 19.7 Å². The molecular weight excluding hydrogens is 290 g/mol. The van der Waals surface area contributed by atoms with Crippen LogP contribution in [0.3, 0.4) is 0 Å². The van der Waals surface area contributed by atoms with Crippen LogP contribution < -0.4 is 10.1 Å². The maximum absolute atomic E-state index is 9.46. The number of ether oxygens (including phenoxy) is 1. The van der Waals surface area contributed by atoms with Crippen molar-refractivity contribution in [3.63, 3.8) is 0 Å². The first-order valence-electron chi connectivity index (χ1n) is 7.97. The van der Waals surface area contributed by atoms with E-state index >= 15 is 0 Å². The maximum Gasteiger partial charge on any atom is 0.147 e. The van der Waals surface area contributed by atoms with E-state index in [1.54, 1.807) is 12.1 Å². The lowest BCUT2D eigenvalue weighted by Crippen LogP contribution is -2.15. The van der Waals surface area contributed by atoms with Crippen molar-refractivity contribution in [1.82, 2.24) is 5.32 Å². The highest BCUT2D eigenvalue weighted by atomic mass is 16.5. The van der Waals surface area contributed by atoms with Crippen molar-refractivity contribution in [2.45, 2.75) is 13.0 Å². The van der Waals surface area contributed by atoms with Gasteiger partial charge in [-0.15, -0.1) is 0 Å². The number of rotatable bonds is 4. The first kappa shape index (κ1) is 14.2. The normalized spacial score (nSPS) is 19.0. The van der Waals surface area contributed by atoms with Gasteiger partial charge in [-0.3, -0.25) is 0 Å². The summed E-state index contributed by atoms with van der Waals surface area (Å²) in [6.45, 7) is 3.39. The second-order valence-corrected chi connectivity index (χ2v) is 6.10. The molecule has 1 saturated heterocycles. The molecule has 5 heteroatoms. The summed E-state index contributed by atoms with van der Waals surface area (Å²) in [6, 6.07) is 11.3. The van der Waals surface area contributed by atoms with E-state index in [9.17, 15) is 5.11 Å². The van der Waals surface area contributed by atoms with Crippen LogP contribution in [0.5, 0.6) is 11.5 Å². The van der Waals surface area contributed by atoms with E-state index in [4.69, 9.17) is 4.74 Å². The van der Waals surface area contributed by atoms with Crippen LogP contribution in [0, 0.1) is 5.92 Å². The van der Waals surface area contributed by atoms with Gasteiger partial charge >= 0.3 is 0 Å². The molecule has 0 unspecified atom stereocenters. The van der Waals surface area contributed by atoms with Crippen LogP contribution in [0.1, 0.15) is 12.0 Å². The summed E-state index contributed by atoms with van der Waals surface area (Å²) in [5.41, 5.74) is 4.06. The first-order valence-corrected chi connectivity index (χ1v) is 7.97. The molecule has 0 spiro atoms. The van der Waals surface area contributed by atoms with E-state index in [1.165, 1.54) is 0 Å². The minimum Gasteiger partial charge on any atom is -0.508 e. The fourth-order valence-electron chi connectivity index (χ4n) is 3.08. The Morgan fingerprint density at radius 3 is 2.83 bits per heavy atom. The molecule has 1 fully saturated rings. The number of nitrogens with one attached hydrogen (secondary N) is 1. The molecule has 0 bridgehead atoms. The van der Waals surface area contributed by atoms with Gasteiger partial charge < -0.3 is 15.2 Å². The number of benzene rings is 2. The van der Waals surface area contributed by atoms with Crippen molar-refractivity contribution >= 4 is 5.69 Å². The summed E-state index contributed by atoms with van der Waals surface area (Å²) in [5, 5.41) is 21.2. The molecule has 118 valence electrons. The summed E-state index contributed by atoms with van der Waals surface area (Å²) in [5.74, 6) is 1.63. The molecule has 1 atom stereocenters. The van der Waals surface area contributed by atoms with Gasteiger partial charge in [-0.2, -0.15) is 10.2 Å². The van der Waals surface area contributed by atoms with Gasteiger partial charge in [0.2, 0.25) is 0 Å². The minimum atomic E-state index is 0.269. The van der Waals surface area contributed by atoms with E-state index in [1.807, 2.05) is 18.2 Å². The third-order valence-electron chi connectivity index (χ3n) is 4.40. The Morgan fingerprint density at radius 2 is 2.04 bits per heavy atom. The van der Waals surface area contributed by atoms with Crippen molar-refractivity contribution in [3.05, 3.63) is 42.0 Å². The number of phenolic OH excluding ortho intramolecular Hbond substituents is 1. The van der Waals surface area contributed by atoms with E-state index in [0.717, 1.165) is 47.6 Å². The quantitative estimate of drug-likeness (QED) is 0.906. The second kappa shape index (κ2) is 6.01. The lowest BCUT2D eigenvalue weighted by Gasteiger charge is -2.14. The monoisotopic (exact) mass is 309 g/mol. The van der Waals surface area contributed by atoms with Crippen LogP contribution in [-0.2, 0) is 6.54 Å². The summed E-state index contributed by atoms with van der Waals surface area (Å²) in [4.78, 5) is 0. The number of hydrogen-bond donors (Lipinski definition) is 2. The summed E-state index contributed by atoms with van der Waals surface area (Å²) >= 11 is 0. The van der Waals surface area contributed by atoms with E-state index in [0.29, 0.717) is 19.1 Å².